The van der Waals surface area contributed by atoms with Gasteiger partial charge >= 0.3 is 6.09 Å². The highest BCUT2D eigenvalue weighted by Crippen LogP contribution is 2.20. The van der Waals surface area contributed by atoms with Crippen LogP contribution in [0.25, 0.3) is 0 Å². The molecule has 0 saturated carbocycles. The molecule has 5 nitrogen and oxygen atoms in total. The predicted octanol–water partition coefficient (Wildman–Crippen LogP) is 3.15. The van der Waals surface area contributed by atoms with Crippen molar-refractivity contribution in [3.8, 4) is 5.75 Å². The van der Waals surface area contributed by atoms with E-state index >= 15 is 0 Å². The summed E-state index contributed by atoms with van der Waals surface area (Å²) in [5.41, 5.74) is 2.18. The lowest BCUT2D eigenvalue weighted by molar-refractivity contribution is 0.0698. The Morgan fingerprint density at radius 1 is 0.960 bits per heavy atom. The van der Waals surface area contributed by atoms with Gasteiger partial charge in [0, 0.05) is 38.3 Å². The number of piperazine rings is 1. The number of para-hydroxylation sites is 1. The van der Waals surface area contributed by atoms with E-state index in [1.165, 1.54) is 5.56 Å². The van der Waals surface area contributed by atoms with Crippen LogP contribution >= 0.6 is 0 Å². The average molecular weight is 340 g/mol. The first kappa shape index (κ1) is 17.3. The lowest BCUT2D eigenvalue weighted by Crippen LogP contribution is -2.48. The van der Waals surface area contributed by atoms with Crippen molar-refractivity contribution in [2.75, 3.05) is 33.3 Å². The van der Waals surface area contributed by atoms with Gasteiger partial charge in [0.05, 0.1) is 7.11 Å². The molecule has 1 aliphatic rings. The van der Waals surface area contributed by atoms with Crippen molar-refractivity contribution < 1.29 is 14.3 Å². The molecular formula is C20H24N2O3. The van der Waals surface area contributed by atoms with Gasteiger partial charge in [0.15, 0.2) is 0 Å². The van der Waals surface area contributed by atoms with Gasteiger partial charge in [-0.05, 0) is 11.6 Å². The number of nitrogens with zero attached hydrogens (tertiary/aromatic N) is 2. The molecule has 0 radical (unpaired) electrons. The number of methoxy groups -OCH3 is 1. The summed E-state index contributed by atoms with van der Waals surface area (Å²) in [4.78, 5) is 16.3. The summed E-state index contributed by atoms with van der Waals surface area (Å²) in [7, 11) is 1.69. The van der Waals surface area contributed by atoms with Crippen molar-refractivity contribution in [1.29, 1.82) is 0 Å². The number of benzene rings is 2. The molecule has 2 aromatic rings. The number of ether oxygens (including phenoxy) is 2. The van der Waals surface area contributed by atoms with Gasteiger partial charge in [0.2, 0.25) is 0 Å². The zero-order valence-corrected chi connectivity index (χ0v) is 14.6. The fourth-order valence-electron chi connectivity index (χ4n) is 2.97. The van der Waals surface area contributed by atoms with Gasteiger partial charge < -0.3 is 14.4 Å². The van der Waals surface area contributed by atoms with Crippen LogP contribution in [-0.4, -0.2) is 49.2 Å². The van der Waals surface area contributed by atoms with Crippen LogP contribution in [0.4, 0.5) is 4.79 Å². The molecular weight excluding hydrogens is 316 g/mol. The van der Waals surface area contributed by atoms with Crippen LogP contribution in [-0.2, 0) is 17.9 Å². The first-order valence-corrected chi connectivity index (χ1v) is 8.56. The molecule has 0 aliphatic carbocycles. The maximum Gasteiger partial charge on any atom is 0.410 e. The van der Waals surface area contributed by atoms with E-state index in [0.717, 1.165) is 30.9 Å². The first-order valence-electron chi connectivity index (χ1n) is 8.56. The van der Waals surface area contributed by atoms with E-state index < -0.39 is 0 Å². The minimum atomic E-state index is -0.235. The van der Waals surface area contributed by atoms with Gasteiger partial charge in [-0.25, -0.2) is 4.79 Å². The molecule has 1 aliphatic heterocycles. The fourth-order valence-corrected chi connectivity index (χ4v) is 2.97. The summed E-state index contributed by atoms with van der Waals surface area (Å²) in [6, 6.07) is 17.8. The van der Waals surface area contributed by atoms with E-state index in [1.807, 2.05) is 48.5 Å². The van der Waals surface area contributed by atoms with Crippen molar-refractivity contribution in [3.05, 3.63) is 65.7 Å². The number of hydrogen-bond donors (Lipinski definition) is 0. The number of rotatable bonds is 5. The largest absolute Gasteiger partial charge is 0.496 e. The molecule has 1 fully saturated rings. The van der Waals surface area contributed by atoms with Crippen LogP contribution in [0.2, 0.25) is 0 Å². The summed E-state index contributed by atoms with van der Waals surface area (Å²) in [5.74, 6) is 0.909. The van der Waals surface area contributed by atoms with E-state index in [1.54, 1.807) is 12.0 Å². The predicted molar refractivity (Wildman–Crippen MR) is 96.5 cm³/mol. The summed E-state index contributed by atoms with van der Waals surface area (Å²) >= 11 is 0. The van der Waals surface area contributed by atoms with E-state index in [0.29, 0.717) is 19.7 Å². The number of hydrogen-bond acceptors (Lipinski definition) is 4. The molecule has 5 heteroatoms. The Kier molecular flexibility index (Phi) is 5.90. The van der Waals surface area contributed by atoms with Gasteiger partial charge in [0.1, 0.15) is 12.4 Å². The molecule has 0 N–H and O–H groups in total. The number of carbonyl (C=O) groups is 1. The zero-order valence-electron chi connectivity index (χ0n) is 14.6. The molecule has 1 saturated heterocycles. The molecule has 0 aromatic heterocycles. The number of amides is 1. The van der Waals surface area contributed by atoms with Gasteiger partial charge in [-0.3, -0.25) is 4.90 Å². The van der Waals surface area contributed by atoms with Gasteiger partial charge in [-0.1, -0.05) is 48.5 Å². The highest BCUT2D eigenvalue weighted by atomic mass is 16.6. The number of carbonyl (C=O) groups excluding carboxylic acids is 1. The molecule has 0 unspecified atom stereocenters. The van der Waals surface area contributed by atoms with Crippen molar-refractivity contribution in [2.24, 2.45) is 0 Å². The summed E-state index contributed by atoms with van der Waals surface area (Å²) < 4.78 is 10.8. The molecule has 2 aromatic carbocycles. The van der Waals surface area contributed by atoms with E-state index in [-0.39, 0.29) is 6.09 Å². The van der Waals surface area contributed by atoms with Gasteiger partial charge in [-0.15, -0.1) is 0 Å². The summed E-state index contributed by atoms with van der Waals surface area (Å²) in [5, 5.41) is 0. The van der Waals surface area contributed by atoms with E-state index in [2.05, 4.69) is 11.0 Å². The minimum Gasteiger partial charge on any atom is -0.496 e. The molecule has 3 rings (SSSR count). The first-order chi connectivity index (χ1) is 12.3. The van der Waals surface area contributed by atoms with Crippen molar-refractivity contribution in [3.63, 3.8) is 0 Å². The lowest BCUT2D eigenvalue weighted by atomic mass is 10.1. The molecule has 0 bridgehead atoms. The normalized spacial score (nSPS) is 15.0. The van der Waals surface area contributed by atoms with Gasteiger partial charge in [0.25, 0.3) is 0 Å². The Hall–Kier alpha value is -2.53. The minimum absolute atomic E-state index is 0.235. The monoisotopic (exact) mass is 340 g/mol. The third kappa shape index (κ3) is 4.73. The molecule has 1 heterocycles. The Morgan fingerprint density at radius 2 is 1.64 bits per heavy atom. The molecule has 132 valence electrons. The maximum absolute atomic E-state index is 12.2. The second kappa shape index (κ2) is 8.53. The zero-order chi connectivity index (χ0) is 17.5. The molecule has 0 spiro atoms. The quantitative estimate of drug-likeness (QED) is 0.838. The smallest absolute Gasteiger partial charge is 0.410 e. The van der Waals surface area contributed by atoms with Crippen LogP contribution < -0.4 is 4.74 Å². The molecule has 1 amide bonds. The Balaban J connectivity index is 1.46. The third-order valence-electron chi connectivity index (χ3n) is 4.42. The highest BCUT2D eigenvalue weighted by Gasteiger charge is 2.22. The topological polar surface area (TPSA) is 42.0 Å². The Labute approximate surface area is 148 Å². The van der Waals surface area contributed by atoms with E-state index in [9.17, 15) is 4.79 Å². The van der Waals surface area contributed by atoms with Crippen LogP contribution in [0.15, 0.2) is 54.6 Å². The summed E-state index contributed by atoms with van der Waals surface area (Å²) in [6.45, 7) is 4.18. The van der Waals surface area contributed by atoms with Gasteiger partial charge in [-0.2, -0.15) is 0 Å². The standard InChI is InChI=1S/C20H24N2O3/c1-24-19-10-6-5-9-18(19)15-21-11-13-22(14-12-21)20(23)25-16-17-7-3-2-4-8-17/h2-10H,11-16H2,1H3. The Morgan fingerprint density at radius 3 is 2.36 bits per heavy atom. The lowest BCUT2D eigenvalue weighted by Gasteiger charge is -2.34. The molecule has 0 atom stereocenters. The highest BCUT2D eigenvalue weighted by molar-refractivity contribution is 5.67. The second-order valence-electron chi connectivity index (χ2n) is 6.12. The fraction of sp³-hybridized carbons (Fsp3) is 0.350. The van der Waals surface area contributed by atoms with Crippen molar-refractivity contribution >= 4 is 6.09 Å². The van der Waals surface area contributed by atoms with E-state index in [4.69, 9.17) is 9.47 Å². The van der Waals surface area contributed by atoms with Crippen LogP contribution in [0.1, 0.15) is 11.1 Å². The van der Waals surface area contributed by atoms with Crippen molar-refractivity contribution in [1.82, 2.24) is 9.80 Å². The molecule has 25 heavy (non-hydrogen) atoms. The average Bonchev–Trinajstić information content (AvgIpc) is 2.68. The van der Waals surface area contributed by atoms with Crippen molar-refractivity contribution in [2.45, 2.75) is 13.2 Å². The van der Waals surface area contributed by atoms with Crippen LogP contribution in [0, 0.1) is 0 Å². The second-order valence-corrected chi connectivity index (χ2v) is 6.12. The van der Waals surface area contributed by atoms with Crippen LogP contribution in [0.3, 0.4) is 0 Å². The van der Waals surface area contributed by atoms with Crippen LogP contribution in [0.5, 0.6) is 5.75 Å². The SMILES string of the molecule is COc1ccccc1CN1CCN(C(=O)OCc2ccccc2)CC1. The maximum atomic E-state index is 12.2. The Bertz CT molecular complexity index is 682. The summed E-state index contributed by atoms with van der Waals surface area (Å²) in [6.07, 6.45) is -0.235. The third-order valence-corrected chi connectivity index (χ3v) is 4.42.